The molecule has 1 fully saturated rings. The monoisotopic (exact) mass is 1020 g/mol. The van der Waals surface area contributed by atoms with Gasteiger partial charge in [0, 0.05) is 52.2 Å². The molecule has 0 aromatic carbocycles. The number of hydrogen-bond acceptors (Lipinski definition) is 7. The number of esters is 1. The van der Waals surface area contributed by atoms with Gasteiger partial charge in [-0.1, -0.05) is 253 Å². The first-order valence-corrected chi connectivity index (χ1v) is 32.3. The van der Waals surface area contributed by atoms with Crippen molar-refractivity contribution in [3.05, 3.63) is 0 Å². The summed E-state index contributed by atoms with van der Waals surface area (Å²) in [5.41, 5.74) is 0. The molecule has 0 radical (unpaired) electrons. The smallest absolute Gasteiger partial charge is 0.305 e. The van der Waals surface area contributed by atoms with Gasteiger partial charge in [-0.15, -0.1) is 0 Å². The van der Waals surface area contributed by atoms with E-state index in [1.807, 2.05) is 9.80 Å². The highest BCUT2D eigenvalue weighted by molar-refractivity contribution is 5.80. The molecule has 0 bridgehead atoms. The molecule has 2 amide bonds. The Morgan fingerprint density at radius 2 is 0.556 bits per heavy atom. The number of rotatable bonds is 55. The Kier molecular flexibility index (Phi) is 50.0. The normalized spacial score (nSPS) is 13.1. The van der Waals surface area contributed by atoms with Crippen molar-refractivity contribution in [2.75, 3.05) is 91.7 Å². The van der Waals surface area contributed by atoms with Crippen molar-refractivity contribution in [2.45, 2.75) is 298 Å². The molecule has 1 rings (SSSR count). The van der Waals surface area contributed by atoms with Gasteiger partial charge < -0.3 is 19.4 Å². The Hall–Kier alpha value is -1.71. The minimum Gasteiger partial charge on any atom is -0.466 e. The van der Waals surface area contributed by atoms with Crippen LogP contribution in [0.1, 0.15) is 298 Å². The number of ether oxygens (including phenoxy) is 1. The number of nitrogens with zero attached hydrogens (tertiary/aromatic N) is 5. The summed E-state index contributed by atoms with van der Waals surface area (Å²) in [5.74, 6) is 0.323. The lowest BCUT2D eigenvalue weighted by atomic mass is 10.1. The molecule has 9 heteroatoms. The SMILES string of the molecule is CCCCCCCCCCCCCN(CCCOC(=O)CCCCCCCCC)CC(=O)N1CCN(C(=O)CN(CCCCCCCCC)CCN(CCCCCCCCC)CCCCCCCCC)CC1. The molecule has 0 atom stereocenters. The second-order valence-electron chi connectivity index (χ2n) is 22.5. The first-order chi connectivity index (χ1) is 35.4. The number of amides is 2. The van der Waals surface area contributed by atoms with Gasteiger partial charge in [-0.2, -0.15) is 0 Å². The zero-order chi connectivity index (χ0) is 52.2. The van der Waals surface area contributed by atoms with Crippen molar-refractivity contribution in [3.8, 4) is 0 Å². The molecule has 0 aliphatic carbocycles. The predicted octanol–water partition coefficient (Wildman–Crippen LogP) is 16.2. The van der Waals surface area contributed by atoms with Gasteiger partial charge >= 0.3 is 5.97 Å². The molecule has 9 nitrogen and oxygen atoms in total. The summed E-state index contributed by atoms with van der Waals surface area (Å²) in [7, 11) is 0. The lowest BCUT2D eigenvalue weighted by Gasteiger charge is -2.37. The molecule has 0 spiro atoms. The van der Waals surface area contributed by atoms with Gasteiger partial charge in [0.15, 0.2) is 0 Å². The van der Waals surface area contributed by atoms with Crippen molar-refractivity contribution in [1.29, 1.82) is 0 Å². The minimum atomic E-state index is -0.0792. The standard InChI is InChI=1S/C63H125N5O4/c1-6-11-16-21-26-27-28-29-34-39-43-49-65(51-45-58-72-63(71)46-40-35-30-22-17-12-7-2)59-61(69)67-54-56-68(57-55-67)62(70)60-66(50-44-38-33-25-20-15-10-5)53-52-64(47-41-36-31-23-18-13-8-3)48-42-37-32-24-19-14-9-4/h6-60H2,1-5H3. The van der Waals surface area contributed by atoms with E-state index in [0.717, 1.165) is 64.8 Å². The molecule has 0 N–H and O–H groups in total. The fourth-order valence-electron chi connectivity index (χ4n) is 10.6. The van der Waals surface area contributed by atoms with Crippen molar-refractivity contribution < 1.29 is 19.1 Å². The Labute approximate surface area is 449 Å². The highest BCUT2D eigenvalue weighted by Crippen LogP contribution is 2.16. The van der Waals surface area contributed by atoms with Crippen LogP contribution in [0.3, 0.4) is 0 Å². The molecule has 1 saturated heterocycles. The molecule has 1 aliphatic heterocycles. The number of carbonyl (C=O) groups is 3. The minimum absolute atomic E-state index is 0.0792. The lowest BCUT2D eigenvalue weighted by molar-refractivity contribution is -0.144. The topological polar surface area (TPSA) is 76.6 Å². The highest BCUT2D eigenvalue weighted by Gasteiger charge is 2.26. The van der Waals surface area contributed by atoms with Crippen LogP contribution in [-0.4, -0.2) is 134 Å². The average Bonchev–Trinajstić information content (AvgIpc) is 3.39. The number of unbranched alkanes of at least 4 members (excludes halogenated alkanes) is 34. The van der Waals surface area contributed by atoms with Crippen molar-refractivity contribution in [2.24, 2.45) is 0 Å². The summed E-state index contributed by atoms with van der Waals surface area (Å²) in [6.45, 7) is 22.2. The second-order valence-corrected chi connectivity index (χ2v) is 22.5. The zero-order valence-corrected chi connectivity index (χ0v) is 49.3. The van der Waals surface area contributed by atoms with Crippen LogP contribution < -0.4 is 0 Å². The molecular weight excluding hydrogens is 891 g/mol. The maximum atomic E-state index is 14.1. The summed E-state index contributed by atoms with van der Waals surface area (Å²) in [4.78, 5) is 52.0. The zero-order valence-electron chi connectivity index (χ0n) is 49.3. The summed E-state index contributed by atoms with van der Waals surface area (Å²) >= 11 is 0. The average molecular weight is 1020 g/mol. The van der Waals surface area contributed by atoms with E-state index in [2.05, 4.69) is 49.3 Å². The van der Waals surface area contributed by atoms with Gasteiger partial charge in [0.25, 0.3) is 0 Å². The Bertz CT molecular complexity index is 1160. The van der Waals surface area contributed by atoms with Gasteiger partial charge in [0.1, 0.15) is 0 Å². The molecule has 0 aromatic heterocycles. The largest absolute Gasteiger partial charge is 0.466 e. The third-order valence-corrected chi connectivity index (χ3v) is 15.6. The van der Waals surface area contributed by atoms with Gasteiger partial charge in [-0.05, 0) is 64.7 Å². The molecule has 0 aromatic rings. The molecular formula is C63H125N5O4. The van der Waals surface area contributed by atoms with Crippen molar-refractivity contribution >= 4 is 17.8 Å². The first-order valence-electron chi connectivity index (χ1n) is 32.3. The maximum absolute atomic E-state index is 14.1. The molecule has 0 saturated carbocycles. The van der Waals surface area contributed by atoms with Crippen LogP contribution in [0.2, 0.25) is 0 Å². The van der Waals surface area contributed by atoms with Gasteiger partial charge in [0.2, 0.25) is 11.8 Å². The van der Waals surface area contributed by atoms with Crippen LogP contribution in [0.4, 0.5) is 0 Å². The van der Waals surface area contributed by atoms with Crippen LogP contribution in [0, 0.1) is 0 Å². The predicted molar refractivity (Wildman–Crippen MR) is 311 cm³/mol. The van der Waals surface area contributed by atoms with Crippen LogP contribution in [0.25, 0.3) is 0 Å². The second kappa shape index (κ2) is 52.7. The third kappa shape index (κ3) is 42.5. The van der Waals surface area contributed by atoms with Crippen LogP contribution in [0.5, 0.6) is 0 Å². The summed E-state index contributed by atoms with van der Waals surface area (Å²) in [6.07, 6.45) is 51.8. The summed E-state index contributed by atoms with van der Waals surface area (Å²) < 4.78 is 5.67. The Morgan fingerprint density at radius 3 is 0.889 bits per heavy atom. The van der Waals surface area contributed by atoms with Crippen LogP contribution >= 0.6 is 0 Å². The fraction of sp³-hybridized carbons (Fsp3) is 0.952. The molecule has 1 aliphatic rings. The van der Waals surface area contributed by atoms with E-state index in [1.54, 1.807) is 0 Å². The molecule has 426 valence electrons. The van der Waals surface area contributed by atoms with Gasteiger partial charge in [0.05, 0.1) is 19.7 Å². The molecule has 72 heavy (non-hydrogen) atoms. The molecule has 0 unspecified atom stereocenters. The number of hydrogen-bond donors (Lipinski definition) is 0. The fourth-order valence-corrected chi connectivity index (χ4v) is 10.6. The van der Waals surface area contributed by atoms with Gasteiger partial charge in [-0.3, -0.25) is 24.2 Å². The van der Waals surface area contributed by atoms with E-state index in [1.165, 1.54) is 238 Å². The Morgan fingerprint density at radius 1 is 0.306 bits per heavy atom. The van der Waals surface area contributed by atoms with E-state index < -0.39 is 0 Å². The third-order valence-electron chi connectivity index (χ3n) is 15.6. The highest BCUT2D eigenvalue weighted by atomic mass is 16.5. The van der Waals surface area contributed by atoms with Gasteiger partial charge in [-0.25, -0.2) is 0 Å². The Balaban J connectivity index is 2.79. The van der Waals surface area contributed by atoms with Crippen LogP contribution in [0.15, 0.2) is 0 Å². The number of piperazine rings is 1. The first kappa shape index (κ1) is 68.3. The van der Waals surface area contributed by atoms with E-state index in [0.29, 0.717) is 52.3 Å². The van der Waals surface area contributed by atoms with E-state index in [4.69, 9.17) is 4.74 Å². The van der Waals surface area contributed by atoms with Crippen molar-refractivity contribution in [3.63, 3.8) is 0 Å². The van der Waals surface area contributed by atoms with Crippen molar-refractivity contribution in [1.82, 2.24) is 24.5 Å². The lowest BCUT2D eigenvalue weighted by Crippen LogP contribution is -2.54. The summed E-state index contributed by atoms with van der Waals surface area (Å²) in [6, 6.07) is 0. The molecule has 1 heterocycles. The number of carbonyl (C=O) groups excluding carboxylic acids is 3. The van der Waals surface area contributed by atoms with Crippen LogP contribution in [-0.2, 0) is 19.1 Å². The summed E-state index contributed by atoms with van der Waals surface area (Å²) in [5, 5.41) is 0. The van der Waals surface area contributed by atoms with E-state index in [-0.39, 0.29) is 17.8 Å². The quantitative estimate of drug-likeness (QED) is 0.0444. The van der Waals surface area contributed by atoms with E-state index in [9.17, 15) is 14.4 Å². The maximum Gasteiger partial charge on any atom is 0.305 e. The van der Waals surface area contributed by atoms with E-state index >= 15 is 0 Å².